The van der Waals surface area contributed by atoms with Crippen molar-refractivity contribution in [2.24, 2.45) is 0 Å². The first-order valence-corrected chi connectivity index (χ1v) is 5.06. The zero-order valence-corrected chi connectivity index (χ0v) is 8.76. The SMILES string of the molecule is CCCNC(C)Cc1ccc(F)cn1. The summed E-state index contributed by atoms with van der Waals surface area (Å²) in [6.07, 6.45) is 3.24. The number of halogens is 1. The lowest BCUT2D eigenvalue weighted by Gasteiger charge is -2.12. The summed E-state index contributed by atoms with van der Waals surface area (Å²) in [7, 11) is 0. The molecule has 0 aliphatic rings. The Bertz CT molecular complexity index is 258. The van der Waals surface area contributed by atoms with Crippen molar-refractivity contribution in [1.82, 2.24) is 10.3 Å². The van der Waals surface area contributed by atoms with E-state index in [-0.39, 0.29) is 5.82 Å². The van der Waals surface area contributed by atoms with Gasteiger partial charge in [0.05, 0.1) is 6.20 Å². The maximum atomic E-state index is 12.5. The molecule has 0 saturated carbocycles. The Morgan fingerprint density at radius 3 is 2.86 bits per heavy atom. The fraction of sp³-hybridized carbons (Fsp3) is 0.545. The number of rotatable bonds is 5. The van der Waals surface area contributed by atoms with Gasteiger partial charge >= 0.3 is 0 Å². The molecular formula is C11H17FN2. The van der Waals surface area contributed by atoms with E-state index < -0.39 is 0 Å². The molecule has 0 amide bonds. The van der Waals surface area contributed by atoms with Crippen LogP contribution in [0.1, 0.15) is 26.0 Å². The van der Waals surface area contributed by atoms with Gasteiger partial charge in [0.1, 0.15) is 5.82 Å². The molecule has 0 bridgehead atoms. The first kappa shape index (κ1) is 11.1. The average Bonchev–Trinajstić information content (AvgIpc) is 2.18. The smallest absolute Gasteiger partial charge is 0.141 e. The van der Waals surface area contributed by atoms with E-state index in [2.05, 4.69) is 24.1 Å². The van der Waals surface area contributed by atoms with E-state index in [1.54, 1.807) is 6.07 Å². The van der Waals surface area contributed by atoms with Crippen molar-refractivity contribution >= 4 is 0 Å². The Labute approximate surface area is 84.6 Å². The van der Waals surface area contributed by atoms with Crippen LogP contribution in [0.5, 0.6) is 0 Å². The summed E-state index contributed by atoms with van der Waals surface area (Å²) in [5, 5.41) is 3.36. The summed E-state index contributed by atoms with van der Waals surface area (Å²) in [5.74, 6) is -0.275. The van der Waals surface area contributed by atoms with E-state index in [1.807, 2.05) is 0 Å². The molecule has 1 aromatic rings. The Kier molecular flexibility index (Phi) is 4.53. The topological polar surface area (TPSA) is 24.9 Å². The minimum Gasteiger partial charge on any atom is -0.314 e. The molecule has 0 fully saturated rings. The Balaban J connectivity index is 2.39. The highest BCUT2D eigenvalue weighted by molar-refractivity contribution is 5.06. The first-order valence-electron chi connectivity index (χ1n) is 5.06. The van der Waals surface area contributed by atoms with Crippen molar-refractivity contribution < 1.29 is 4.39 Å². The van der Waals surface area contributed by atoms with Gasteiger partial charge in [0, 0.05) is 18.2 Å². The number of pyridine rings is 1. The molecule has 0 aliphatic carbocycles. The lowest BCUT2D eigenvalue weighted by atomic mass is 10.1. The van der Waals surface area contributed by atoms with E-state index >= 15 is 0 Å². The molecule has 1 aromatic heterocycles. The molecule has 14 heavy (non-hydrogen) atoms. The summed E-state index contributed by atoms with van der Waals surface area (Å²) in [6, 6.07) is 3.59. The number of nitrogens with one attached hydrogen (secondary N) is 1. The van der Waals surface area contributed by atoms with E-state index in [0.29, 0.717) is 6.04 Å². The molecule has 1 rings (SSSR count). The number of nitrogens with zero attached hydrogens (tertiary/aromatic N) is 1. The van der Waals surface area contributed by atoms with E-state index in [0.717, 1.165) is 25.1 Å². The van der Waals surface area contributed by atoms with Gasteiger partial charge in [-0.05, 0) is 32.0 Å². The van der Waals surface area contributed by atoms with Crippen LogP contribution in [0.3, 0.4) is 0 Å². The summed E-state index contributed by atoms with van der Waals surface area (Å²) < 4.78 is 12.5. The molecule has 3 heteroatoms. The van der Waals surface area contributed by atoms with E-state index in [4.69, 9.17) is 0 Å². The van der Waals surface area contributed by atoms with Crippen molar-refractivity contribution in [1.29, 1.82) is 0 Å². The molecule has 78 valence electrons. The second kappa shape index (κ2) is 5.70. The van der Waals surface area contributed by atoms with Crippen molar-refractivity contribution in [3.8, 4) is 0 Å². The molecule has 0 aliphatic heterocycles. The fourth-order valence-electron chi connectivity index (χ4n) is 1.30. The van der Waals surface area contributed by atoms with Crippen molar-refractivity contribution in [3.05, 3.63) is 29.8 Å². The van der Waals surface area contributed by atoms with Crippen LogP contribution in [-0.2, 0) is 6.42 Å². The van der Waals surface area contributed by atoms with Gasteiger partial charge in [0.2, 0.25) is 0 Å². The Hall–Kier alpha value is -0.960. The number of aromatic nitrogens is 1. The van der Waals surface area contributed by atoms with Crippen molar-refractivity contribution in [2.45, 2.75) is 32.7 Å². The van der Waals surface area contributed by atoms with Crippen LogP contribution in [0.4, 0.5) is 4.39 Å². The molecule has 0 spiro atoms. The molecule has 0 saturated heterocycles. The minimum absolute atomic E-state index is 0.275. The lowest BCUT2D eigenvalue weighted by molar-refractivity contribution is 0.536. The molecule has 0 aromatic carbocycles. The van der Waals surface area contributed by atoms with Gasteiger partial charge in [-0.2, -0.15) is 0 Å². The molecule has 2 nitrogen and oxygen atoms in total. The quantitative estimate of drug-likeness (QED) is 0.780. The first-order chi connectivity index (χ1) is 6.72. The zero-order valence-electron chi connectivity index (χ0n) is 8.76. The summed E-state index contributed by atoms with van der Waals surface area (Å²) in [6.45, 7) is 5.26. The van der Waals surface area contributed by atoms with E-state index in [1.165, 1.54) is 12.3 Å². The van der Waals surface area contributed by atoms with Crippen LogP contribution in [-0.4, -0.2) is 17.6 Å². The zero-order chi connectivity index (χ0) is 10.4. The Morgan fingerprint density at radius 2 is 2.29 bits per heavy atom. The maximum Gasteiger partial charge on any atom is 0.141 e. The molecular weight excluding hydrogens is 179 g/mol. The number of hydrogen-bond donors (Lipinski definition) is 1. The highest BCUT2D eigenvalue weighted by Gasteiger charge is 2.03. The molecule has 1 atom stereocenters. The monoisotopic (exact) mass is 196 g/mol. The van der Waals surface area contributed by atoms with Crippen LogP contribution >= 0.6 is 0 Å². The van der Waals surface area contributed by atoms with Crippen LogP contribution in [0, 0.1) is 5.82 Å². The lowest BCUT2D eigenvalue weighted by Crippen LogP contribution is -2.28. The molecule has 1 N–H and O–H groups in total. The molecule has 1 heterocycles. The van der Waals surface area contributed by atoms with Gasteiger partial charge in [-0.1, -0.05) is 6.92 Å². The minimum atomic E-state index is -0.275. The van der Waals surface area contributed by atoms with Crippen LogP contribution in [0.15, 0.2) is 18.3 Å². The third kappa shape index (κ3) is 3.83. The van der Waals surface area contributed by atoms with Gasteiger partial charge in [0.15, 0.2) is 0 Å². The summed E-state index contributed by atoms with van der Waals surface area (Å²) in [5.41, 5.74) is 0.933. The highest BCUT2D eigenvalue weighted by atomic mass is 19.1. The average molecular weight is 196 g/mol. The Morgan fingerprint density at radius 1 is 1.50 bits per heavy atom. The van der Waals surface area contributed by atoms with Crippen LogP contribution in [0.2, 0.25) is 0 Å². The highest BCUT2D eigenvalue weighted by Crippen LogP contribution is 2.01. The van der Waals surface area contributed by atoms with E-state index in [9.17, 15) is 4.39 Å². The van der Waals surface area contributed by atoms with Gasteiger partial charge < -0.3 is 5.32 Å². The van der Waals surface area contributed by atoms with Gasteiger partial charge in [-0.25, -0.2) is 4.39 Å². The standard InChI is InChI=1S/C11H17FN2/c1-3-6-13-9(2)7-11-5-4-10(12)8-14-11/h4-5,8-9,13H,3,6-7H2,1-2H3. The van der Waals surface area contributed by atoms with Gasteiger partial charge in [-0.15, -0.1) is 0 Å². The number of hydrogen-bond acceptors (Lipinski definition) is 2. The second-order valence-corrected chi connectivity index (χ2v) is 3.53. The van der Waals surface area contributed by atoms with Gasteiger partial charge in [0.25, 0.3) is 0 Å². The maximum absolute atomic E-state index is 12.5. The third-order valence-corrected chi connectivity index (χ3v) is 2.05. The fourth-order valence-corrected chi connectivity index (χ4v) is 1.30. The van der Waals surface area contributed by atoms with Crippen LogP contribution in [0.25, 0.3) is 0 Å². The summed E-state index contributed by atoms with van der Waals surface area (Å²) >= 11 is 0. The third-order valence-electron chi connectivity index (χ3n) is 2.05. The molecule has 0 radical (unpaired) electrons. The van der Waals surface area contributed by atoms with Crippen molar-refractivity contribution in [3.63, 3.8) is 0 Å². The predicted octanol–water partition coefficient (Wildman–Crippen LogP) is 2.15. The van der Waals surface area contributed by atoms with Crippen LogP contribution < -0.4 is 5.32 Å². The van der Waals surface area contributed by atoms with Gasteiger partial charge in [-0.3, -0.25) is 4.98 Å². The largest absolute Gasteiger partial charge is 0.314 e. The predicted molar refractivity (Wildman–Crippen MR) is 55.7 cm³/mol. The normalized spacial score (nSPS) is 12.8. The van der Waals surface area contributed by atoms with Crippen molar-refractivity contribution in [2.75, 3.05) is 6.54 Å². The molecule has 1 unspecified atom stereocenters. The summed E-state index contributed by atoms with van der Waals surface area (Å²) in [4.78, 5) is 4.01. The second-order valence-electron chi connectivity index (χ2n) is 3.53.